The number of nitro groups is 1. The number of rotatable bonds is 3. The van der Waals surface area contributed by atoms with Crippen molar-refractivity contribution in [3.63, 3.8) is 0 Å². The van der Waals surface area contributed by atoms with Gasteiger partial charge in [0.1, 0.15) is 11.4 Å². The first-order valence-electron chi connectivity index (χ1n) is 10.1. The lowest BCUT2D eigenvalue weighted by atomic mass is 9.93. The fourth-order valence-corrected chi connectivity index (χ4v) is 4.52. The van der Waals surface area contributed by atoms with Crippen LogP contribution in [0.5, 0.6) is 0 Å². The van der Waals surface area contributed by atoms with Crippen LogP contribution in [0.25, 0.3) is 11.4 Å². The van der Waals surface area contributed by atoms with Gasteiger partial charge in [0.05, 0.1) is 18.1 Å². The minimum Gasteiger partial charge on any atom is -0.367 e. The molecule has 0 radical (unpaired) electrons. The Morgan fingerprint density at radius 3 is 2.73 bits per heavy atom. The molecule has 1 saturated heterocycles. The van der Waals surface area contributed by atoms with Gasteiger partial charge in [-0.3, -0.25) is 10.1 Å². The summed E-state index contributed by atoms with van der Waals surface area (Å²) in [4.78, 5) is 22.2. The summed E-state index contributed by atoms with van der Waals surface area (Å²) in [5.41, 5.74) is 4.05. The molecule has 0 saturated carbocycles. The number of morpholine rings is 1. The highest BCUT2D eigenvalue weighted by Crippen LogP contribution is 2.42. The second-order valence-corrected chi connectivity index (χ2v) is 7.92. The number of ether oxygens (including phenoxy) is 1. The van der Waals surface area contributed by atoms with E-state index in [0.717, 1.165) is 43.0 Å². The lowest BCUT2D eigenvalue weighted by Crippen LogP contribution is -2.49. The predicted octanol–water partition coefficient (Wildman–Crippen LogP) is 4.04. The van der Waals surface area contributed by atoms with Crippen LogP contribution >= 0.6 is 0 Å². The summed E-state index contributed by atoms with van der Waals surface area (Å²) in [5.74, 6) is 1.44. The van der Waals surface area contributed by atoms with Gasteiger partial charge in [-0.1, -0.05) is 24.3 Å². The van der Waals surface area contributed by atoms with Crippen molar-refractivity contribution >= 4 is 11.5 Å². The Morgan fingerprint density at radius 1 is 1.13 bits per heavy atom. The Labute approximate surface area is 174 Å². The van der Waals surface area contributed by atoms with Crippen LogP contribution in [0.15, 0.2) is 54.6 Å². The number of hydrogen-bond donors (Lipinski definition) is 0. The molecule has 7 heteroatoms. The third-order valence-electron chi connectivity index (χ3n) is 5.99. The maximum atomic E-state index is 10.9. The van der Waals surface area contributed by atoms with Crippen LogP contribution in [-0.4, -0.2) is 34.6 Å². The number of non-ortho nitro benzene ring substituents is 1. The summed E-state index contributed by atoms with van der Waals surface area (Å²) in [6.07, 6.45) is 2.00. The molecule has 3 aromatic rings. The molecule has 1 unspecified atom stereocenters. The van der Waals surface area contributed by atoms with Gasteiger partial charge in [0.25, 0.3) is 5.69 Å². The third-order valence-corrected chi connectivity index (χ3v) is 5.99. The normalized spacial score (nSPS) is 20.4. The average molecular weight is 402 g/mol. The maximum absolute atomic E-state index is 10.9. The minimum atomic E-state index is -0.404. The van der Waals surface area contributed by atoms with Crippen LogP contribution in [0.2, 0.25) is 0 Å². The number of anilines is 1. The van der Waals surface area contributed by atoms with E-state index < -0.39 is 4.92 Å². The average Bonchev–Trinajstić information content (AvgIpc) is 3.11. The van der Waals surface area contributed by atoms with Crippen molar-refractivity contribution in [2.24, 2.45) is 0 Å². The van der Waals surface area contributed by atoms with E-state index >= 15 is 0 Å². The molecule has 1 spiro atoms. The van der Waals surface area contributed by atoms with Crippen LogP contribution in [-0.2, 0) is 16.8 Å². The van der Waals surface area contributed by atoms with E-state index in [4.69, 9.17) is 9.72 Å². The van der Waals surface area contributed by atoms with E-state index in [1.807, 2.05) is 13.0 Å². The van der Waals surface area contributed by atoms with Crippen molar-refractivity contribution in [3.8, 4) is 11.4 Å². The number of hydrogen-bond acceptors (Lipinski definition) is 6. The minimum absolute atomic E-state index is 0.0571. The summed E-state index contributed by atoms with van der Waals surface area (Å²) in [7, 11) is 0. The second kappa shape index (κ2) is 7.18. The number of nitrogens with zero attached hydrogens (tertiary/aromatic N) is 4. The summed E-state index contributed by atoms with van der Waals surface area (Å²) >= 11 is 0. The molecule has 1 aliphatic carbocycles. The van der Waals surface area contributed by atoms with E-state index in [9.17, 15) is 10.1 Å². The van der Waals surface area contributed by atoms with E-state index in [-0.39, 0.29) is 11.3 Å². The highest BCUT2D eigenvalue weighted by atomic mass is 16.6. The highest BCUT2D eigenvalue weighted by molar-refractivity contribution is 5.60. The molecule has 0 amide bonds. The van der Waals surface area contributed by atoms with Gasteiger partial charge in [-0.05, 0) is 43.0 Å². The molecule has 30 heavy (non-hydrogen) atoms. The van der Waals surface area contributed by atoms with Gasteiger partial charge in [0, 0.05) is 36.0 Å². The molecule has 2 aromatic carbocycles. The molecule has 2 aliphatic rings. The first-order chi connectivity index (χ1) is 14.5. The molecule has 1 aromatic heterocycles. The lowest BCUT2D eigenvalue weighted by Gasteiger charge is -2.41. The van der Waals surface area contributed by atoms with Crippen LogP contribution in [0, 0.1) is 17.0 Å². The number of nitro benzene ring substituents is 1. The number of benzene rings is 2. The Bertz CT molecular complexity index is 1110. The fraction of sp³-hybridized carbons (Fsp3) is 0.304. The smallest absolute Gasteiger partial charge is 0.269 e. The van der Waals surface area contributed by atoms with Crippen molar-refractivity contribution in [1.82, 2.24) is 9.97 Å². The molecule has 2 heterocycles. The molecule has 0 N–H and O–H groups in total. The van der Waals surface area contributed by atoms with Gasteiger partial charge in [-0.25, -0.2) is 9.97 Å². The summed E-state index contributed by atoms with van der Waals surface area (Å²) < 4.78 is 6.34. The molecule has 5 rings (SSSR count). The number of aromatic nitrogens is 2. The lowest BCUT2D eigenvalue weighted by molar-refractivity contribution is -0.384. The molecule has 1 atom stereocenters. The fourth-order valence-electron chi connectivity index (χ4n) is 4.52. The van der Waals surface area contributed by atoms with Crippen molar-refractivity contribution < 1.29 is 9.66 Å². The zero-order valence-corrected chi connectivity index (χ0v) is 16.7. The Balaban J connectivity index is 1.47. The number of fused-ring (bicyclic) bond motifs is 2. The standard InChI is InChI=1S/C23H22N4O3/c1-16-14-21(25-22(24-16)18-6-8-19(9-7-18)27(28)29)26-12-13-30-23(15-26)11-10-17-4-2-3-5-20(17)23/h2-9,14H,10-13,15H2,1H3. The molecule has 1 fully saturated rings. The van der Waals surface area contributed by atoms with Gasteiger partial charge >= 0.3 is 0 Å². The van der Waals surface area contributed by atoms with Gasteiger partial charge in [-0.2, -0.15) is 0 Å². The van der Waals surface area contributed by atoms with Gasteiger partial charge < -0.3 is 9.64 Å². The summed E-state index contributed by atoms with van der Waals surface area (Å²) in [6, 6.07) is 16.9. The highest BCUT2D eigenvalue weighted by Gasteiger charge is 2.43. The molecule has 0 bridgehead atoms. The zero-order chi connectivity index (χ0) is 20.7. The van der Waals surface area contributed by atoms with Crippen LogP contribution in [0.1, 0.15) is 23.2 Å². The van der Waals surface area contributed by atoms with Crippen LogP contribution in [0.4, 0.5) is 11.5 Å². The topological polar surface area (TPSA) is 81.4 Å². The quantitative estimate of drug-likeness (QED) is 0.486. The Morgan fingerprint density at radius 2 is 1.93 bits per heavy atom. The Hall–Kier alpha value is -3.32. The number of aryl methyl sites for hydroxylation is 2. The van der Waals surface area contributed by atoms with Crippen molar-refractivity contribution in [2.75, 3.05) is 24.6 Å². The van der Waals surface area contributed by atoms with Gasteiger partial charge in [-0.15, -0.1) is 0 Å². The molecule has 1 aliphatic heterocycles. The Kier molecular flexibility index (Phi) is 4.47. The zero-order valence-electron chi connectivity index (χ0n) is 16.7. The van der Waals surface area contributed by atoms with Crippen molar-refractivity contribution in [1.29, 1.82) is 0 Å². The monoisotopic (exact) mass is 402 g/mol. The van der Waals surface area contributed by atoms with E-state index in [0.29, 0.717) is 12.4 Å². The molecular weight excluding hydrogens is 380 g/mol. The summed E-state index contributed by atoms with van der Waals surface area (Å²) in [5, 5.41) is 10.9. The van der Waals surface area contributed by atoms with Crippen LogP contribution in [0.3, 0.4) is 0 Å². The molecule has 7 nitrogen and oxygen atoms in total. The second-order valence-electron chi connectivity index (χ2n) is 7.92. The predicted molar refractivity (Wildman–Crippen MR) is 113 cm³/mol. The SMILES string of the molecule is Cc1cc(N2CCOC3(CCc4ccccc43)C2)nc(-c2ccc([N+](=O)[O-])cc2)n1. The summed E-state index contributed by atoms with van der Waals surface area (Å²) in [6.45, 7) is 4.10. The van der Waals surface area contributed by atoms with E-state index in [2.05, 4.69) is 34.1 Å². The van der Waals surface area contributed by atoms with Crippen molar-refractivity contribution in [3.05, 3.63) is 81.5 Å². The first-order valence-corrected chi connectivity index (χ1v) is 10.1. The van der Waals surface area contributed by atoms with Crippen molar-refractivity contribution in [2.45, 2.75) is 25.4 Å². The van der Waals surface area contributed by atoms with E-state index in [1.165, 1.54) is 23.3 Å². The van der Waals surface area contributed by atoms with Gasteiger partial charge in [0.15, 0.2) is 5.82 Å². The van der Waals surface area contributed by atoms with Gasteiger partial charge in [0.2, 0.25) is 0 Å². The molecular formula is C23H22N4O3. The largest absolute Gasteiger partial charge is 0.367 e. The third kappa shape index (κ3) is 3.21. The molecule has 152 valence electrons. The van der Waals surface area contributed by atoms with E-state index in [1.54, 1.807) is 12.1 Å². The van der Waals surface area contributed by atoms with Crippen LogP contribution < -0.4 is 4.90 Å². The maximum Gasteiger partial charge on any atom is 0.269 e. The first kappa shape index (κ1) is 18.7.